The molecule has 0 atom stereocenters. The van der Waals surface area contributed by atoms with Crippen LogP contribution in [0.1, 0.15) is 26.2 Å². The summed E-state index contributed by atoms with van der Waals surface area (Å²) in [7, 11) is 0. The highest BCUT2D eigenvalue weighted by Crippen LogP contribution is 1.96. The van der Waals surface area contributed by atoms with E-state index in [-0.39, 0.29) is 0 Å². The van der Waals surface area contributed by atoms with Gasteiger partial charge < -0.3 is 0 Å². The average molecular weight is 175 g/mol. The third-order valence-electron chi connectivity index (χ3n) is 0.862. The number of halogens is 1. The van der Waals surface area contributed by atoms with Gasteiger partial charge in [0.25, 0.3) is 0 Å². The molecule has 0 rings (SSSR count). The van der Waals surface area contributed by atoms with Gasteiger partial charge in [0.2, 0.25) is 0 Å². The van der Waals surface area contributed by atoms with Crippen molar-refractivity contribution in [3.05, 3.63) is 0 Å². The predicted molar refractivity (Wildman–Crippen MR) is 41.1 cm³/mol. The molecule has 0 spiro atoms. The Morgan fingerprint density at radius 3 is 2.62 bits per heavy atom. The van der Waals surface area contributed by atoms with Crippen LogP contribution in [0.3, 0.4) is 0 Å². The minimum Gasteiger partial charge on any atom is -0.107 e. The van der Waals surface area contributed by atoms with Gasteiger partial charge in [-0.25, -0.2) is 0 Å². The van der Waals surface area contributed by atoms with Gasteiger partial charge in [0.1, 0.15) is 0 Å². The van der Waals surface area contributed by atoms with Crippen LogP contribution >= 0.6 is 15.9 Å². The largest absolute Gasteiger partial charge is 0.107 e. The quantitative estimate of drug-likeness (QED) is 0.351. The van der Waals surface area contributed by atoms with Gasteiger partial charge in [0, 0.05) is 11.8 Å². The molecule has 8 heavy (non-hydrogen) atoms. The number of unbranched alkanes of at least 4 members (excludes halogenated alkanes) is 2. The van der Waals surface area contributed by atoms with Gasteiger partial charge in [0.05, 0.1) is 0 Å². The van der Waals surface area contributed by atoms with E-state index in [0.29, 0.717) is 0 Å². The van der Waals surface area contributed by atoms with Crippen molar-refractivity contribution in [3.8, 4) is 11.8 Å². The fourth-order valence-electron chi connectivity index (χ4n) is 0.433. The highest BCUT2D eigenvalue weighted by atomic mass is 79.9. The first-order valence-electron chi connectivity index (χ1n) is 2.87. The lowest BCUT2D eigenvalue weighted by molar-refractivity contribution is 0.841. The molecule has 0 N–H and O–H groups in total. The van der Waals surface area contributed by atoms with Crippen LogP contribution in [0.5, 0.6) is 0 Å². The Morgan fingerprint density at radius 2 is 2.12 bits per heavy atom. The van der Waals surface area contributed by atoms with Crippen LogP contribution < -0.4 is 0 Å². The number of hydrogen-bond donors (Lipinski definition) is 0. The molecule has 0 aliphatic carbocycles. The third kappa shape index (κ3) is 6.04. The molecule has 0 fully saturated rings. The summed E-state index contributed by atoms with van der Waals surface area (Å²) in [5.74, 6) is 5.87. The van der Waals surface area contributed by atoms with Crippen molar-refractivity contribution in [1.29, 1.82) is 0 Å². The molecular weight excluding hydrogens is 164 g/mol. The zero-order valence-corrected chi connectivity index (χ0v) is 6.79. The smallest absolute Gasteiger partial charge is 0.00888 e. The number of rotatable bonds is 3. The van der Waals surface area contributed by atoms with E-state index in [9.17, 15) is 0 Å². The van der Waals surface area contributed by atoms with Crippen molar-refractivity contribution in [3.63, 3.8) is 0 Å². The molecular formula is C7H11Br. The van der Waals surface area contributed by atoms with Gasteiger partial charge >= 0.3 is 0 Å². The standard InChI is InChI=1S/C7H11Br/c1-2-3-4-5-6-7-8/h4-7H2,1H3. The maximum absolute atomic E-state index is 3.35. The lowest BCUT2D eigenvalue weighted by Gasteiger charge is -1.85. The summed E-state index contributed by atoms with van der Waals surface area (Å²) in [5.41, 5.74) is 0. The van der Waals surface area contributed by atoms with Crippen LogP contribution in [-0.2, 0) is 0 Å². The Kier molecular flexibility index (Phi) is 7.08. The fraction of sp³-hybridized carbons (Fsp3) is 0.714. The summed E-state index contributed by atoms with van der Waals surface area (Å²) in [6.45, 7) is 1.88. The molecule has 0 unspecified atom stereocenters. The first-order valence-corrected chi connectivity index (χ1v) is 3.99. The first-order chi connectivity index (χ1) is 3.91. The van der Waals surface area contributed by atoms with Crippen LogP contribution in [0.4, 0.5) is 0 Å². The molecule has 0 aromatic carbocycles. The molecule has 0 aliphatic heterocycles. The van der Waals surface area contributed by atoms with Crippen LogP contribution in [0, 0.1) is 11.8 Å². The van der Waals surface area contributed by atoms with E-state index in [1.807, 2.05) is 6.92 Å². The monoisotopic (exact) mass is 174 g/mol. The Hall–Kier alpha value is 0.0400. The Balaban J connectivity index is 2.79. The molecule has 0 nitrogen and oxygen atoms in total. The molecule has 0 heterocycles. The summed E-state index contributed by atoms with van der Waals surface area (Å²) < 4.78 is 0. The maximum atomic E-state index is 3.35. The third-order valence-corrected chi connectivity index (χ3v) is 1.42. The van der Waals surface area contributed by atoms with Crippen LogP contribution in [0.15, 0.2) is 0 Å². The van der Waals surface area contributed by atoms with Crippen LogP contribution in [0.25, 0.3) is 0 Å². The van der Waals surface area contributed by atoms with Gasteiger partial charge in [-0.2, -0.15) is 0 Å². The average Bonchev–Trinajstić information content (AvgIpc) is 1.81. The summed E-state index contributed by atoms with van der Waals surface area (Å²) >= 11 is 3.35. The summed E-state index contributed by atoms with van der Waals surface area (Å²) in [6, 6.07) is 0. The Morgan fingerprint density at radius 1 is 1.38 bits per heavy atom. The molecule has 1 heteroatoms. The van der Waals surface area contributed by atoms with Gasteiger partial charge in [-0.05, 0) is 19.8 Å². The van der Waals surface area contributed by atoms with E-state index in [1.54, 1.807) is 0 Å². The molecule has 0 saturated heterocycles. The normalized spacial score (nSPS) is 7.75. The van der Waals surface area contributed by atoms with Gasteiger partial charge in [0.15, 0.2) is 0 Å². The SMILES string of the molecule is CC#CCCCCBr. The van der Waals surface area contributed by atoms with Crippen molar-refractivity contribution < 1.29 is 0 Å². The van der Waals surface area contributed by atoms with E-state index >= 15 is 0 Å². The van der Waals surface area contributed by atoms with E-state index < -0.39 is 0 Å². The molecule has 0 radical (unpaired) electrons. The van der Waals surface area contributed by atoms with Crippen molar-refractivity contribution in [1.82, 2.24) is 0 Å². The van der Waals surface area contributed by atoms with E-state index in [2.05, 4.69) is 27.8 Å². The Labute approximate surface area is 59.8 Å². The van der Waals surface area contributed by atoms with Crippen molar-refractivity contribution in [2.24, 2.45) is 0 Å². The molecule has 0 bridgehead atoms. The lowest BCUT2D eigenvalue weighted by Crippen LogP contribution is -1.72. The maximum Gasteiger partial charge on any atom is 0.00888 e. The van der Waals surface area contributed by atoms with E-state index in [1.165, 1.54) is 12.8 Å². The van der Waals surface area contributed by atoms with Gasteiger partial charge in [-0.1, -0.05) is 15.9 Å². The predicted octanol–water partition coefficient (Wildman–Crippen LogP) is 2.57. The minimum absolute atomic E-state index is 1.06. The summed E-state index contributed by atoms with van der Waals surface area (Å²) in [4.78, 5) is 0. The molecule has 46 valence electrons. The highest BCUT2D eigenvalue weighted by molar-refractivity contribution is 9.09. The number of alkyl halides is 1. The molecule has 0 amide bonds. The summed E-state index contributed by atoms with van der Waals surface area (Å²) in [5, 5.41) is 1.11. The van der Waals surface area contributed by atoms with Crippen molar-refractivity contribution in [2.75, 3.05) is 5.33 Å². The van der Waals surface area contributed by atoms with Crippen LogP contribution in [-0.4, -0.2) is 5.33 Å². The number of hydrogen-bond acceptors (Lipinski definition) is 0. The van der Waals surface area contributed by atoms with Gasteiger partial charge in [-0.3, -0.25) is 0 Å². The second kappa shape index (κ2) is 7.04. The molecule has 0 aliphatic rings. The molecule has 0 aromatic rings. The second-order valence-corrected chi connectivity index (χ2v) is 2.37. The summed E-state index contributed by atoms with van der Waals surface area (Å²) in [6.07, 6.45) is 3.53. The van der Waals surface area contributed by atoms with Crippen molar-refractivity contribution >= 4 is 15.9 Å². The Bertz CT molecular complexity index is 86.3. The topological polar surface area (TPSA) is 0 Å². The zero-order chi connectivity index (χ0) is 6.24. The zero-order valence-electron chi connectivity index (χ0n) is 5.21. The van der Waals surface area contributed by atoms with Crippen molar-refractivity contribution in [2.45, 2.75) is 26.2 Å². The second-order valence-electron chi connectivity index (χ2n) is 1.57. The highest BCUT2D eigenvalue weighted by Gasteiger charge is 1.79. The van der Waals surface area contributed by atoms with Crippen LogP contribution in [0.2, 0.25) is 0 Å². The lowest BCUT2D eigenvalue weighted by atomic mass is 10.3. The van der Waals surface area contributed by atoms with E-state index in [4.69, 9.17) is 0 Å². The van der Waals surface area contributed by atoms with Gasteiger partial charge in [-0.15, -0.1) is 11.8 Å². The first kappa shape index (κ1) is 8.04. The molecule has 0 saturated carbocycles. The fourth-order valence-corrected chi connectivity index (χ4v) is 0.829. The molecule has 0 aromatic heterocycles. The minimum atomic E-state index is 1.06. The van der Waals surface area contributed by atoms with E-state index in [0.717, 1.165) is 11.8 Å².